The molecule has 0 fully saturated rings. The number of hydrogen-bond donors (Lipinski definition) is 0. The Labute approximate surface area is 124 Å². The first-order chi connectivity index (χ1) is 9.69. The van der Waals surface area contributed by atoms with Crippen molar-refractivity contribution in [3.05, 3.63) is 23.8 Å². The maximum absolute atomic E-state index is 9.75. The van der Waals surface area contributed by atoms with Crippen molar-refractivity contribution >= 4 is 14.5 Å². The van der Waals surface area contributed by atoms with Gasteiger partial charge >= 0.3 is 14.5 Å². The Morgan fingerprint density at radius 1 is 0.682 bits per heavy atom. The Balaban J connectivity index is 0. The molecule has 0 atom stereocenters. The molecule has 1 aromatic heterocycles. The van der Waals surface area contributed by atoms with Crippen LogP contribution in [0.5, 0.6) is 0 Å². The molecule has 22 heavy (non-hydrogen) atoms. The largest absolute Gasteiger partial charge is 0.673 e. The van der Waals surface area contributed by atoms with Gasteiger partial charge < -0.3 is 34.5 Å². The van der Waals surface area contributed by atoms with Crippen LogP contribution < -0.4 is 9.13 Å². The van der Waals surface area contributed by atoms with E-state index in [-0.39, 0.29) is 0 Å². The number of halogens is 8. The highest BCUT2D eigenvalue weighted by Crippen LogP contribution is 2.07. The fourth-order valence-electron chi connectivity index (χ4n) is 1.48. The van der Waals surface area contributed by atoms with Crippen molar-refractivity contribution in [2.45, 2.75) is 40.8 Å². The number of rotatable bonds is 2. The van der Waals surface area contributed by atoms with E-state index < -0.39 is 14.5 Å². The van der Waals surface area contributed by atoms with Gasteiger partial charge in [-0.2, -0.15) is 9.13 Å². The van der Waals surface area contributed by atoms with Crippen LogP contribution in [0.4, 0.5) is 34.5 Å². The number of aromatic nitrogens is 2. The molecule has 12 heteroatoms. The Morgan fingerprint density at radius 3 is 1.00 bits per heavy atom. The SMILES string of the molecule is CC[n+]1cc(C)[n+](CC)cc1C.F[B-](F)(F)F.F[B-](F)(F)F. The lowest BCUT2D eigenvalue weighted by atomic mass is 10.3. The van der Waals surface area contributed by atoms with Crippen LogP contribution >= 0.6 is 0 Å². The van der Waals surface area contributed by atoms with E-state index in [9.17, 15) is 34.5 Å². The smallest absolute Gasteiger partial charge is 0.418 e. The molecular weight excluding hydrogens is 322 g/mol. The number of nitrogens with zero attached hydrogens (tertiary/aromatic N) is 2. The zero-order chi connectivity index (χ0) is 18.1. The van der Waals surface area contributed by atoms with E-state index in [1.807, 2.05) is 0 Å². The van der Waals surface area contributed by atoms with Crippen LogP contribution in [-0.4, -0.2) is 14.5 Å². The average Bonchev–Trinajstić information content (AvgIpc) is 2.27. The van der Waals surface area contributed by atoms with E-state index in [0.717, 1.165) is 13.1 Å². The number of hydrogen-bond acceptors (Lipinski definition) is 0. The Kier molecular flexibility index (Phi) is 10.0. The molecule has 0 N–H and O–H groups in total. The van der Waals surface area contributed by atoms with E-state index in [2.05, 4.69) is 49.2 Å². The van der Waals surface area contributed by atoms with Crippen molar-refractivity contribution in [3.8, 4) is 0 Å². The van der Waals surface area contributed by atoms with Crippen LogP contribution in [0.25, 0.3) is 0 Å². The fourth-order valence-corrected chi connectivity index (χ4v) is 1.48. The molecule has 0 aliphatic rings. The molecule has 2 nitrogen and oxygen atoms in total. The number of aryl methyl sites for hydroxylation is 4. The maximum Gasteiger partial charge on any atom is 0.673 e. The summed E-state index contributed by atoms with van der Waals surface area (Å²) in [5, 5.41) is 0. The molecule has 0 saturated carbocycles. The van der Waals surface area contributed by atoms with Crippen molar-refractivity contribution in [1.29, 1.82) is 0 Å². The molecule has 0 spiro atoms. The Bertz CT molecular complexity index is 394. The summed E-state index contributed by atoms with van der Waals surface area (Å²) in [6, 6.07) is 0. The Morgan fingerprint density at radius 2 is 0.864 bits per heavy atom. The van der Waals surface area contributed by atoms with Gasteiger partial charge in [-0.1, -0.05) is 0 Å². The fraction of sp³-hybridized carbons (Fsp3) is 0.600. The second-order valence-electron chi connectivity index (χ2n) is 4.10. The van der Waals surface area contributed by atoms with Crippen molar-refractivity contribution in [2.24, 2.45) is 0 Å². The van der Waals surface area contributed by atoms with Crippen LogP contribution in [0.2, 0.25) is 0 Å². The molecular formula is C10H18B2F8N2. The summed E-state index contributed by atoms with van der Waals surface area (Å²) in [6.45, 7) is 10.7. The van der Waals surface area contributed by atoms with E-state index in [0.29, 0.717) is 0 Å². The minimum atomic E-state index is -6.00. The maximum atomic E-state index is 9.75. The first kappa shape index (κ1) is 22.9. The summed E-state index contributed by atoms with van der Waals surface area (Å²) in [5.74, 6) is 0. The summed E-state index contributed by atoms with van der Waals surface area (Å²) in [7, 11) is -12.0. The topological polar surface area (TPSA) is 7.76 Å². The van der Waals surface area contributed by atoms with Crippen molar-refractivity contribution in [2.75, 3.05) is 0 Å². The molecule has 0 aliphatic heterocycles. The highest BCUT2D eigenvalue weighted by Gasteiger charge is 2.21. The highest BCUT2D eigenvalue weighted by atomic mass is 19.5. The third-order valence-corrected chi connectivity index (χ3v) is 2.27. The van der Waals surface area contributed by atoms with Crippen LogP contribution in [-0.2, 0) is 13.1 Å². The lowest BCUT2D eigenvalue weighted by molar-refractivity contribution is -0.755. The van der Waals surface area contributed by atoms with Crippen LogP contribution in [0.3, 0.4) is 0 Å². The first-order valence-electron chi connectivity index (χ1n) is 6.33. The predicted octanol–water partition coefficient (Wildman–Crippen LogP) is 3.52. The second kappa shape index (κ2) is 9.62. The minimum absolute atomic E-state index is 1.05. The van der Waals surface area contributed by atoms with E-state index in [1.54, 1.807) is 0 Å². The van der Waals surface area contributed by atoms with Gasteiger partial charge in [-0.05, 0) is 13.8 Å². The molecule has 1 aromatic rings. The van der Waals surface area contributed by atoms with Gasteiger partial charge in [0.15, 0.2) is 0 Å². The van der Waals surface area contributed by atoms with Gasteiger partial charge in [0.2, 0.25) is 23.8 Å². The van der Waals surface area contributed by atoms with Gasteiger partial charge in [0, 0.05) is 13.8 Å². The molecule has 0 aromatic carbocycles. The average molecular weight is 340 g/mol. The lowest BCUT2D eigenvalue weighted by Gasteiger charge is -1.98. The molecule has 0 radical (unpaired) electrons. The van der Waals surface area contributed by atoms with E-state index in [4.69, 9.17) is 0 Å². The summed E-state index contributed by atoms with van der Waals surface area (Å²) < 4.78 is 82.5. The van der Waals surface area contributed by atoms with Crippen molar-refractivity contribution in [1.82, 2.24) is 0 Å². The van der Waals surface area contributed by atoms with Gasteiger partial charge in [0.05, 0.1) is 0 Å². The van der Waals surface area contributed by atoms with Gasteiger partial charge in [-0.25, -0.2) is 0 Å². The summed E-state index contributed by atoms with van der Waals surface area (Å²) in [4.78, 5) is 0. The van der Waals surface area contributed by atoms with Crippen LogP contribution in [0.15, 0.2) is 12.4 Å². The van der Waals surface area contributed by atoms with Crippen LogP contribution in [0.1, 0.15) is 25.2 Å². The van der Waals surface area contributed by atoms with E-state index >= 15 is 0 Å². The molecule has 0 saturated heterocycles. The third kappa shape index (κ3) is 16.7. The van der Waals surface area contributed by atoms with Crippen molar-refractivity contribution in [3.63, 3.8) is 0 Å². The molecule has 0 unspecified atom stereocenters. The predicted molar refractivity (Wildman–Crippen MR) is 68.0 cm³/mol. The second-order valence-corrected chi connectivity index (χ2v) is 4.10. The molecule has 0 bridgehead atoms. The van der Waals surface area contributed by atoms with Gasteiger partial charge in [0.25, 0.3) is 0 Å². The quantitative estimate of drug-likeness (QED) is 0.442. The lowest BCUT2D eigenvalue weighted by Crippen LogP contribution is -2.46. The molecule has 0 aliphatic carbocycles. The highest BCUT2D eigenvalue weighted by molar-refractivity contribution is 6.50. The molecule has 0 amide bonds. The first-order valence-corrected chi connectivity index (χ1v) is 6.33. The summed E-state index contributed by atoms with van der Waals surface area (Å²) in [6.07, 6.45) is 4.41. The van der Waals surface area contributed by atoms with E-state index in [1.165, 1.54) is 11.4 Å². The summed E-state index contributed by atoms with van der Waals surface area (Å²) in [5.41, 5.74) is 2.65. The monoisotopic (exact) mass is 340 g/mol. The normalized spacial score (nSPS) is 11.1. The molecule has 130 valence electrons. The zero-order valence-corrected chi connectivity index (χ0v) is 12.6. The van der Waals surface area contributed by atoms with Gasteiger partial charge in [-0.15, -0.1) is 0 Å². The minimum Gasteiger partial charge on any atom is -0.418 e. The Hall–Kier alpha value is -1.35. The molecule has 1 heterocycles. The van der Waals surface area contributed by atoms with Gasteiger partial charge in [0.1, 0.15) is 13.1 Å². The molecule has 1 rings (SSSR count). The zero-order valence-electron chi connectivity index (χ0n) is 12.6. The van der Waals surface area contributed by atoms with Crippen LogP contribution in [0, 0.1) is 13.8 Å². The standard InChI is InChI=1S/C10H18N2.2BF4/c1-5-11-7-10(4)12(6-2)8-9(11)3;2*2-1(3,4)5/h7-8H,5-6H2,1-4H3;;/q+2;2*-1. The third-order valence-electron chi connectivity index (χ3n) is 2.27. The summed E-state index contributed by atoms with van der Waals surface area (Å²) >= 11 is 0. The van der Waals surface area contributed by atoms with Gasteiger partial charge in [-0.3, -0.25) is 0 Å². The van der Waals surface area contributed by atoms with Crippen molar-refractivity contribution < 1.29 is 43.7 Å².